The average Bonchev–Trinajstić information content (AvgIpc) is 3.40. The molecule has 0 unspecified atom stereocenters. The smallest absolute Gasteiger partial charge is 0.393 e. The first-order chi connectivity index (χ1) is 16.4. The summed E-state index contributed by atoms with van der Waals surface area (Å²) in [6.07, 6.45) is 1.89. The first-order valence-electron chi connectivity index (χ1n) is 11.1. The normalized spacial score (nSPS) is 14.2. The number of hydrogen-bond donors (Lipinski definition) is 1. The Bertz CT molecular complexity index is 1150. The molecule has 1 saturated heterocycles. The molecular formula is C24H27BrN4O5. The van der Waals surface area contributed by atoms with Crippen molar-refractivity contribution in [2.75, 3.05) is 39.4 Å². The number of ketones is 1. The van der Waals surface area contributed by atoms with Gasteiger partial charge in [0.05, 0.1) is 18.8 Å². The van der Waals surface area contributed by atoms with Gasteiger partial charge in [0.2, 0.25) is 11.7 Å². The maximum absolute atomic E-state index is 13.3. The van der Waals surface area contributed by atoms with Crippen LogP contribution in [0.5, 0.6) is 5.88 Å². The summed E-state index contributed by atoms with van der Waals surface area (Å²) in [5, 5.41) is 6.85. The van der Waals surface area contributed by atoms with Gasteiger partial charge in [-0.2, -0.15) is 0 Å². The van der Waals surface area contributed by atoms with Crippen LogP contribution in [0.4, 0.5) is 4.79 Å². The number of carbonyl (C=O) groups excluding carboxylic acids is 2. The molecule has 0 atom stereocenters. The lowest BCUT2D eigenvalue weighted by molar-refractivity contribution is 0.0375. The van der Waals surface area contributed by atoms with Gasteiger partial charge >= 0.3 is 6.09 Å². The molecule has 0 bridgehead atoms. The average molecular weight is 531 g/mol. The highest BCUT2D eigenvalue weighted by atomic mass is 79.9. The first kappa shape index (κ1) is 24.2. The van der Waals surface area contributed by atoms with Crippen molar-refractivity contribution < 1.29 is 23.6 Å². The van der Waals surface area contributed by atoms with E-state index in [1.165, 1.54) is 0 Å². The molecule has 1 N–H and O–H groups in total. The molecule has 1 fully saturated rings. The van der Waals surface area contributed by atoms with Crippen LogP contribution in [0.15, 0.2) is 45.5 Å². The Labute approximate surface area is 206 Å². The minimum absolute atomic E-state index is 0.256. The molecule has 3 heterocycles. The number of aryl methyl sites for hydroxylation is 2. The highest BCUT2D eigenvalue weighted by Crippen LogP contribution is 2.29. The molecule has 9 nitrogen and oxygen atoms in total. The Hall–Kier alpha value is -2.95. The van der Waals surface area contributed by atoms with Crippen LogP contribution >= 0.6 is 15.9 Å². The third-order valence-corrected chi connectivity index (χ3v) is 6.18. The maximum atomic E-state index is 13.3. The number of amides is 1. The van der Waals surface area contributed by atoms with Crippen molar-refractivity contribution in [3.63, 3.8) is 0 Å². The fraction of sp³-hybridized carbons (Fsp3) is 0.375. The van der Waals surface area contributed by atoms with Gasteiger partial charge in [0.15, 0.2) is 0 Å². The molecule has 0 radical (unpaired) electrons. The topological polar surface area (TPSA) is 98.8 Å². The quantitative estimate of drug-likeness (QED) is 0.349. The van der Waals surface area contributed by atoms with Crippen molar-refractivity contribution in [3.8, 4) is 17.1 Å². The number of carbonyl (C=O) groups is 2. The van der Waals surface area contributed by atoms with E-state index in [-0.39, 0.29) is 11.7 Å². The molecule has 2 aromatic heterocycles. The highest BCUT2D eigenvalue weighted by molar-refractivity contribution is 9.10. The van der Waals surface area contributed by atoms with E-state index >= 15 is 0 Å². The Morgan fingerprint density at radius 3 is 2.68 bits per heavy atom. The van der Waals surface area contributed by atoms with Gasteiger partial charge in [-0.1, -0.05) is 33.2 Å². The van der Waals surface area contributed by atoms with Crippen LogP contribution in [0, 0.1) is 6.92 Å². The zero-order chi connectivity index (χ0) is 24.1. The van der Waals surface area contributed by atoms with Crippen molar-refractivity contribution in [2.45, 2.75) is 13.3 Å². The van der Waals surface area contributed by atoms with Gasteiger partial charge in [-0.3, -0.25) is 9.69 Å². The van der Waals surface area contributed by atoms with Crippen molar-refractivity contribution in [1.82, 2.24) is 19.9 Å². The number of rotatable bonds is 8. The molecule has 3 aromatic rings. The van der Waals surface area contributed by atoms with Crippen molar-refractivity contribution in [2.24, 2.45) is 7.05 Å². The predicted octanol–water partition coefficient (Wildman–Crippen LogP) is 3.79. The lowest BCUT2D eigenvalue weighted by atomic mass is 10.00. The summed E-state index contributed by atoms with van der Waals surface area (Å²) in [5.74, 6) is 0.439. The summed E-state index contributed by atoms with van der Waals surface area (Å²) in [5.41, 5.74) is 2.00. The van der Waals surface area contributed by atoms with E-state index in [1.54, 1.807) is 30.8 Å². The fourth-order valence-electron chi connectivity index (χ4n) is 3.81. The number of nitrogens with one attached hydrogen (secondary N) is 1. The van der Waals surface area contributed by atoms with E-state index < -0.39 is 6.09 Å². The Morgan fingerprint density at radius 2 is 1.94 bits per heavy atom. The number of ether oxygens (including phenoxy) is 2. The maximum Gasteiger partial charge on any atom is 0.413 e. The standard InChI is InChI=1S/C24H27BrN4O5/c1-16-21(22(27-34-16)17-4-6-19(25)7-5-17)23(30)18-14-20(28(2)15-18)33-24(31)26-8-3-9-29-10-12-32-13-11-29/h4-7,14-15H,3,8-13H2,1-2H3,(H,26,31). The van der Waals surface area contributed by atoms with Gasteiger partial charge < -0.3 is 23.9 Å². The second-order valence-corrected chi connectivity index (χ2v) is 9.02. The molecule has 1 aliphatic heterocycles. The molecule has 34 heavy (non-hydrogen) atoms. The molecule has 180 valence electrons. The SMILES string of the molecule is Cc1onc(-c2ccc(Br)cc2)c1C(=O)c1cc(OC(=O)NCCCN2CCOCC2)n(C)c1. The fourth-order valence-corrected chi connectivity index (χ4v) is 4.07. The highest BCUT2D eigenvalue weighted by Gasteiger charge is 2.25. The number of halogens is 1. The van der Waals surface area contributed by atoms with E-state index in [0.717, 1.165) is 49.3 Å². The number of aromatic nitrogens is 2. The van der Waals surface area contributed by atoms with Crippen LogP contribution < -0.4 is 10.1 Å². The van der Waals surface area contributed by atoms with Crippen LogP contribution in [0.25, 0.3) is 11.3 Å². The van der Waals surface area contributed by atoms with Crippen molar-refractivity contribution in [3.05, 3.63) is 57.9 Å². The molecule has 1 aromatic carbocycles. The first-order valence-corrected chi connectivity index (χ1v) is 11.9. The molecule has 4 rings (SSSR count). The minimum Gasteiger partial charge on any atom is -0.393 e. The number of nitrogens with zero attached hydrogens (tertiary/aromatic N) is 3. The Kier molecular flexibility index (Phi) is 7.81. The Balaban J connectivity index is 1.38. The molecular weight excluding hydrogens is 504 g/mol. The number of morpholine rings is 1. The van der Waals surface area contributed by atoms with Crippen molar-refractivity contribution in [1.29, 1.82) is 0 Å². The van der Waals surface area contributed by atoms with Gasteiger partial charge in [-0.25, -0.2) is 4.79 Å². The van der Waals surface area contributed by atoms with E-state index in [9.17, 15) is 9.59 Å². The third-order valence-electron chi connectivity index (χ3n) is 5.65. The van der Waals surface area contributed by atoms with E-state index in [4.69, 9.17) is 14.0 Å². The number of benzene rings is 1. The Morgan fingerprint density at radius 1 is 1.21 bits per heavy atom. The second kappa shape index (κ2) is 11.0. The summed E-state index contributed by atoms with van der Waals surface area (Å²) < 4.78 is 18.6. The monoisotopic (exact) mass is 530 g/mol. The number of hydrogen-bond acceptors (Lipinski definition) is 7. The zero-order valence-corrected chi connectivity index (χ0v) is 20.8. The molecule has 1 amide bonds. The van der Waals surface area contributed by atoms with Gasteiger partial charge in [-0.15, -0.1) is 0 Å². The predicted molar refractivity (Wildman–Crippen MR) is 129 cm³/mol. The summed E-state index contributed by atoms with van der Waals surface area (Å²) in [4.78, 5) is 27.9. The minimum atomic E-state index is -0.557. The third kappa shape index (κ3) is 5.75. The molecule has 1 aliphatic rings. The summed E-state index contributed by atoms with van der Waals surface area (Å²) >= 11 is 3.41. The lowest BCUT2D eigenvalue weighted by Crippen LogP contribution is -2.38. The van der Waals surface area contributed by atoms with Gasteiger partial charge in [0.25, 0.3) is 0 Å². The largest absolute Gasteiger partial charge is 0.413 e. The molecule has 0 saturated carbocycles. The summed E-state index contributed by atoms with van der Waals surface area (Å²) in [6.45, 7) is 6.44. The van der Waals surface area contributed by atoms with Gasteiger partial charge in [0.1, 0.15) is 11.5 Å². The van der Waals surface area contributed by atoms with Gasteiger partial charge in [-0.05, 0) is 32.0 Å². The van der Waals surface area contributed by atoms with E-state index in [2.05, 4.69) is 31.3 Å². The molecule has 0 aliphatic carbocycles. The van der Waals surface area contributed by atoms with E-state index in [1.807, 2.05) is 24.3 Å². The van der Waals surface area contributed by atoms with Crippen LogP contribution in [-0.2, 0) is 11.8 Å². The zero-order valence-electron chi connectivity index (χ0n) is 19.2. The summed E-state index contributed by atoms with van der Waals surface area (Å²) in [7, 11) is 1.72. The van der Waals surface area contributed by atoms with Crippen LogP contribution in [0.1, 0.15) is 28.1 Å². The van der Waals surface area contributed by atoms with E-state index in [0.29, 0.717) is 29.1 Å². The molecule has 0 spiro atoms. The summed E-state index contributed by atoms with van der Waals surface area (Å²) in [6, 6.07) is 9.03. The lowest BCUT2D eigenvalue weighted by Gasteiger charge is -2.26. The molecule has 10 heteroatoms. The van der Waals surface area contributed by atoms with Crippen LogP contribution in [0.2, 0.25) is 0 Å². The second-order valence-electron chi connectivity index (χ2n) is 8.10. The van der Waals surface area contributed by atoms with Crippen LogP contribution in [0.3, 0.4) is 0 Å². The van der Waals surface area contributed by atoms with Crippen LogP contribution in [-0.4, -0.2) is 65.9 Å². The van der Waals surface area contributed by atoms with Crippen molar-refractivity contribution >= 4 is 27.8 Å². The van der Waals surface area contributed by atoms with Gasteiger partial charge in [0, 0.05) is 54.5 Å².